The zero-order valence-electron chi connectivity index (χ0n) is 11.5. The van der Waals surface area contributed by atoms with Gasteiger partial charge in [-0.2, -0.15) is 0 Å². The van der Waals surface area contributed by atoms with Gasteiger partial charge in [-0.3, -0.25) is 9.59 Å². The van der Waals surface area contributed by atoms with Gasteiger partial charge < -0.3 is 15.4 Å². The number of pyridine rings is 1. The molecule has 0 aliphatic rings. The van der Waals surface area contributed by atoms with Crippen LogP contribution in [0.5, 0.6) is 5.75 Å². The molecule has 6 nitrogen and oxygen atoms in total. The lowest BCUT2D eigenvalue weighted by atomic mass is 10.3. The summed E-state index contributed by atoms with van der Waals surface area (Å²) in [5, 5.41) is 13.0. The van der Waals surface area contributed by atoms with E-state index in [9.17, 15) is 14.7 Å². The van der Waals surface area contributed by atoms with E-state index in [0.29, 0.717) is 25.4 Å². The molecule has 0 bridgehead atoms. The summed E-state index contributed by atoms with van der Waals surface area (Å²) in [5.41, 5.74) is 0.516. The fraction of sp³-hybridized carbons (Fsp3) is 0.0714. The van der Waals surface area contributed by atoms with Gasteiger partial charge in [-0.15, -0.1) is 11.3 Å². The minimum Gasteiger partial charge on any atom is -0.506 e. The molecule has 2 aromatic heterocycles. The third-order valence-electron chi connectivity index (χ3n) is 2.78. The Bertz CT molecular complexity index is 938. The van der Waals surface area contributed by atoms with E-state index >= 15 is 0 Å². The summed E-state index contributed by atoms with van der Waals surface area (Å²) in [6.45, 7) is 0. The number of carbonyl (C=O) groups is 1. The SMILES string of the molecule is O=C(CSc1nc2[nH]c(=O)cc(O)c2s1)Nc1cccc(Cl)c1. The maximum Gasteiger partial charge on any atom is 0.253 e. The van der Waals surface area contributed by atoms with Gasteiger partial charge in [0.05, 0.1) is 5.75 Å². The second kappa shape index (κ2) is 6.61. The van der Waals surface area contributed by atoms with Crippen LogP contribution in [0.25, 0.3) is 10.3 Å². The zero-order valence-corrected chi connectivity index (χ0v) is 13.9. The number of aromatic amines is 1. The number of nitrogens with zero attached hydrogens (tertiary/aromatic N) is 1. The van der Waals surface area contributed by atoms with Gasteiger partial charge in [0.15, 0.2) is 9.99 Å². The standard InChI is InChI=1S/C14H10ClN3O3S2/c15-7-2-1-3-8(4-7)16-11(21)6-22-14-18-13-12(23-14)9(19)5-10(20)17-13/h1-5H,6H2,(H,16,21)(H2,17,19,20). The van der Waals surface area contributed by atoms with Crippen molar-refractivity contribution in [2.75, 3.05) is 11.1 Å². The van der Waals surface area contributed by atoms with E-state index in [4.69, 9.17) is 11.6 Å². The maximum absolute atomic E-state index is 11.9. The third-order valence-corrected chi connectivity index (χ3v) is 5.24. The Labute approximate surface area is 143 Å². The molecule has 23 heavy (non-hydrogen) atoms. The first kappa shape index (κ1) is 15.9. The molecule has 9 heteroatoms. The van der Waals surface area contributed by atoms with Gasteiger partial charge in [-0.25, -0.2) is 4.98 Å². The summed E-state index contributed by atoms with van der Waals surface area (Å²) in [6, 6.07) is 7.97. The fourth-order valence-electron chi connectivity index (χ4n) is 1.85. The highest BCUT2D eigenvalue weighted by Gasteiger charge is 2.11. The quantitative estimate of drug-likeness (QED) is 0.616. The first-order chi connectivity index (χ1) is 11.0. The van der Waals surface area contributed by atoms with Crippen molar-refractivity contribution in [3.8, 4) is 5.75 Å². The monoisotopic (exact) mass is 367 g/mol. The number of nitrogens with one attached hydrogen (secondary N) is 2. The van der Waals surface area contributed by atoms with Crippen LogP contribution in [0.1, 0.15) is 0 Å². The number of rotatable bonds is 4. The van der Waals surface area contributed by atoms with Gasteiger partial charge in [-0.1, -0.05) is 29.4 Å². The van der Waals surface area contributed by atoms with Crippen molar-refractivity contribution in [3.05, 3.63) is 45.7 Å². The van der Waals surface area contributed by atoms with E-state index in [1.54, 1.807) is 24.3 Å². The van der Waals surface area contributed by atoms with Gasteiger partial charge >= 0.3 is 0 Å². The lowest BCUT2D eigenvalue weighted by Crippen LogP contribution is -2.13. The van der Waals surface area contributed by atoms with Crippen LogP contribution < -0.4 is 10.9 Å². The van der Waals surface area contributed by atoms with Crippen LogP contribution in [0.3, 0.4) is 0 Å². The number of fused-ring (bicyclic) bond motifs is 1. The number of aromatic nitrogens is 2. The Morgan fingerprint density at radius 1 is 1.43 bits per heavy atom. The van der Waals surface area contributed by atoms with E-state index in [2.05, 4.69) is 15.3 Å². The van der Waals surface area contributed by atoms with Crippen LogP contribution in [-0.4, -0.2) is 26.7 Å². The predicted octanol–water partition coefficient (Wildman–Crippen LogP) is 3.07. The molecule has 0 saturated heterocycles. The molecule has 0 saturated carbocycles. The molecule has 118 valence electrons. The number of hydrogen-bond acceptors (Lipinski definition) is 6. The molecule has 3 rings (SSSR count). The number of H-pyrrole nitrogens is 1. The highest BCUT2D eigenvalue weighted by atomic mass is 35.5. The smallest absolute Gasteiger partial charge is 0.253 e. The summed E-state index contributed by atoms with van der Waals surface area (Å²) >= 11 is 8.29. The van der Waals surface area contributed by atoms with E-state index in [-0.39, 0.29) is 17.4 Å². The Balaban J connectivity index is 1.67. The minimum atomic E-state index is -0.421. The molecule has 3 N–H and O–H groups in total. The molecule has 2 heterocycles. The molecule has 1 amide bonds. The normalized spacial score (nSPS) is 10.8. The Morgan fingerprint density at radius 2 is 2.26 bits per heavy atom. The number of halogens is 1. The molecule has 0 atom stereocenters. The number of aromatic hydroxyl groups is 1. The van der Waals surface area contributed by atoms with E-state index < -0.39 is 5.56 Å². The van der Waals surface area contributed by atoms with Crippen LogP contribution in [0.4, 0.5) is 5.69 Å². The number of thiazole rings is 1. The molecule has 0 fully saturated rings. The van der Waals surface area contributed by atoms with Gasteiger partial charge in [-0.05, 0) is 18.2 Å². The Morgan fingerprint density at radius 3 is 3.04 bits per heavy atom. The van der Waals surface area contributed by atoms with Gasteiger partial charge in [0.1, 0.15) is 10.4 Å². The van der Waals surface area contributed by atoms with E-state index in [1.165, 1.54) is 23.1 Å². The topological polar surface area (TPSA) is 95.1 Å². The van der Waals surface area contributed by atoms with Crippen LogP contribution >= 0.6 is 34.7 Å². The Kier molecular flexibility index (Phi) is 4.56. The van der Waals surface area contributed by atoms with Crippen molar-refractivity contribution in [1.29, 1.82) is 0 Å². The van der Waals surface area contributed by atoms with Gasteiger partial charge in [0, 0.05) is 16.8 Å². The molecule has 3 aromatic rings. The van der Waals surface area contributed by atoms with Crippen LogP contribution in [0, 0.1) is 0 Å². The first-order valence-corrected chi connectivity index (χ1v) is 8.60. The Hall–Kier alpha value is -2.03. The number of carbonyl (C=O) groups excluding carboxylic acids is 1. The van der Waals surface area contributed by atoms with E-state index in [1.807, 2.05) is 0 Å². The summed E-state index contributed by atoms with van der Waals surface area (Å²) in [4.78, 5) is 29.9. The molecule has 0 radical (unpaired) electrons. The van der Waals surface area contributed by atoms with Crippen LogP contribution in [0.2, 0.25) is 5.02 Å². The van der Waals surface area contributed by atoms with Crippen molar-refractivity contribution in [2.45, 2.75) is 4.34 Å². The van der Waals surface area contributed by atoms with E-state index in [0.717, 1.165) is 6.07 Å². The highest BCUT2D eigenvalue weighted by Crippen LogP contribution is 2.32. The number of benzene rings is 1. The van der Waals surface area contributed by atoms with Crippen molar-refractivity contribution in [1.82, 2.24) is 9.97 Å². The second-order valence-electron chi connectivity index (χ2n) is 4.52. The average molecular weight is 368 g/mol. The van der Waals surface area contributed by atoms with Crippen LogP contribution in [0.15, 0.2) is 39.5 Å². The summed E-state index contributed by atoms with van der Waals surface area (Å²) in [6.07, 6.45) is 0. The maximum atomic E-state index is 11.9. The lowest BCUT2D eigenvalue weighted by Gasteiger charge is -2.04. The summed E-state index contributed by atoms with van der Waals surface area (Å²) in [5.74, 6) is -0.164. The van der Waals surface area contributed by atoms with Crippen molar-refractivity contribution < 1.29 is 9.90 Å². The summed E-state index contributed by atoms with van der Waals surface area (Å²) in [7, 11) is 0. The second-order valence-corrected chi connectivity index (χ2v) is 7.18. The first-order valence-electron chi connectivity index (χ1n) is 6.42. The zero-order chi connectivity index (χ0) is 16.4. The molecule has 0 unspecified atom stereocenters. The van der Waals surface area contributed by atoms with Crippen molar-refractivity contribution >= 4 is 56.6 Å². The number of anilines is 1. The van der Waals surface area contributed by atoms with Crippen molar-refractivity contribution in [2.24, 2.45) is 0 Å². The lowest BCUT2D eigenvalue weighted by molar-refractivity contribution is -0.113. The summed E-state index contributed by atoms with van der Waals surface area (Å²) < 4.78 is 1.07. The third kappa shape index (κ3) is 3.84. The van der Waals surface area contributed by atoms with Crippen LogP contribution in [-0.2, 0) is 4.79 Å². The van der Waals surface area contributed by atoms with Crippen molar-refractivity contribution in [3.63, 3.8) is 0 Å². The fourth-order valence-corrected chi connectivity index (χ4v) is 3.86. The molecular formula is C14H10ClN3O3S2. The highest BCUT2D eigenvalue weighted by molar-refractivity contribution is 8.01. The van der Waals surface area contributed by atoms with Gasteiger partial charge in [0.2, 0.25) is 5.91 Å². The molecule has 0 aliphatic carbocycles. The molecular weight excluding hydrogens is 358 g/mol. The number of amides is 1. The predicted molar refractivity (Wildman–Crippen MR) is 92.7 cm³/mol. The molecule has 0 aliphatic heterocycles. The largest absolute Gasteiger partial charge is 0.506 e. The van der Waals surface area contributed by atoms with Gasteiger partial charge in [0.25, 0.3) is 5.56 Å². The minimum absolute atomic E-state index is 0.114. The number of thioether (sulfide) groups is 1. The molecule has 0 spiro atoms. The molecule has 1 aromatic carbocycles. The average Bonchev–Trinajstić information content (AvgIpc) is 2.88. The number of hydrogen-bond donors (Lipinski definition) is 3.